The first-order chi connectivity index (χ1) is 8.49. The Kier molecular flexibility index (Phi) is 3.61. The molecule has 1 saturated carbocycles. The second-order valence-electron chi connectivity index (χ2n) is 4.65. The van der Waals surface area contributed by atoms with Gasteiger partial charge in [0.05, 0.1) is 6.54 Å². The minimum absolute atomic E-state index is 0.0785. The SMILES string of the molecule is CC(c1ccc(F)c(F)c1)N(CC(=O)O)C1CC1. The molecule has 0 aliphatic heterocycles. The van der Waals surface area contributed by atoms with E-state index in [9.17, 15) is 13.6 Å². The third-order valence-electron chi connectivity index (χ3n) is 3.26. The summed E-state index contributed by atoms with van der Waals surface area (Å²) in [6.07, 6.45) is 1.92. The van der Waals surface area contributed by atoms with E-state index in [1.807, 2.05) is 11.8 Å². The van der Waals surface area contributed by atoms with E-state index < -0.39 is 17.6 Å². The van der Waals surface area contributed by atoms with E-state index in [4.69, 9.17) is 5.11 Å². The molecule has 0 spiro atoms. The van der Waals surface area contributed by atoms with Crippen LogP contribution in [0.4, 0.5) is 8.78 Å². The summed E-state index contributed by atoms with van der Waals surface area (Å²) in [5.41, 5.74) is 0.599. The van der Waals surface area contributed by atoms with Gasteiger partial charge in [-0.15, -0.1) is 0 Å². The van der Waals surface area contributed by atoms with Crippen LogP contribution in [0.3, 0.4) is 0 Å². The van der Waals surface area contributed by atoms with Crippen molar-refractivity contribution >= 4 is 5.97 Å². The number of halogens is 2. The van der Waals surface area contributed by atoms with Gasteiger partial charge in [0.1, 0.15) is 0 Å². The molecule has 1 atom stereocenters. The van der Waals surface area contributed by atoms with Crippen molar-refractivity contribution in [3.8, 4) is 0 Å². The van der Waals surface area contributed by atoms with Crippen LogP contribution in [0.5, 0.6) is 0 Å². The van der Waals surface area contributed by atoms with E-state index in [0.29, 0.717) is 5.56 Å². The normalized spacial score (nSPS) is 16.9. The van der Waals surface area contributed by atoms with Crippen molar-refractivity contribution in [3.63, 3.8) is 0 Å². The number of aliphatic carboxylic acids is 1. The average Bonchev–Trinajstić information content (AvgIpc) is 3.12. The minimum Gasteiger partial charge on any atom is -0.480 e. The Balaban J connectivity index is 2.18. The number of hydrogen-bond donors (Lipinski definition) is 1. The molecule has 3 nitrogen and oxygen atoms in total. The predicted octanol–water partition coefficient (Wildman–Crippen LogP) is 2.57. The zero-order chi connectivity index (χ0) is 13.3. The number of carboxylic acid groups (broad SMARTS) is 1. The Hall–Kier alpha value is -1.49. The molecule has 0 radical (unpaired) electrons. The highest BCUT2D eigenvalue weighted by Gasteiger charge is 2.34. The van der Waals surface area contributed by atoms with E-state index in [2.05, 4.69) is 0 Å². The summed E-state index contributed by atoms with van der Waals surface area (Å²) in [7, 11) is 0. The Morgan fingerprint density at radius 3 is 2.61 bits per heavy atom. The average molecular weight is 255 g/mol. The lowest BCUT2D eigenvalue weighted by Gasteiger charge is -2.27. The number of hydrogen-bond acceptors (Lipinski definition) is 2. The Bertz CT molecular complexity index is 460. The standard InChI is InChI=1S/C13H15F2NO2/c1-8(9-2-5-11(14)12(15)6-9)16(7-13(17)18)10-3-4-10/h2,5-6,8,10H,3-4,7H2,1H3,(H,17,18). The molecular weight excluding hydrogens is 240 g/mol. The summed E-state index contributed by atoms with van der Waals surface area (Å²) < 4.78 is 26.0. The molecule has 1 N–H and O–H groups in total. The van der Waals surface area contributed by atoms with Crippen LogP contribution in [0.25, 0.3) is 0 Å². The van der Waals surface area contributed by atoms with Gasteiger partial charge in [-0.25, -0.2) is 8.78 Å². The highest BCUT2D eigenvalue weighted by atomic mass is 19.2. The van der Waals surface area contributed by atoms with E-state index in [1.54, 1.807) is 0 Å². The fourth-order valence-corrected chi connectivity index (χ4v) is 2.11. The van der Waals surface area contributed by atoms with Crippen LogP contribution in [0, 0.1) is 11.6 Å². The van der Waals surface area contributed by atoms with Crippen LogP contribution in [0.1, 0.15) is 31.4 Å². The van der Waals surface area contributed by atoms with Gasteiger partial charge in [0.2, 0.25) is 0 Å². The molecule has 0 saturated heterocycles. The fourth-order valence-electron chi connectivity index (χ4n) is 2.11. The quantitative estimate of drug-likeness (QED) is 0.879. The van der Waals surface area contributed by atoms with E-state index in [0.717, 1.165) is 25.0 Å². The van der Waals surface area contributed by atoms with Gasteiger partial charge < -0.3 is 5.11 Å². The largest absolute Gasteiger partial charge is 0.480 e. The van der Waals surface area contributed by atoms with Crippen molar-refractivity contribution in [1.29, 1.82) is 0 Å². The van der Waals surface area contributed by atoms with Crippen LogP contribution < -0.4 is 0 Å². The third kappa shape index (κ3) is 2.85. The van der Waals surface area contributed by atoms with Crippen LogP contribution in [-0.4, -0.2) is 28.6 Å². The lowest BCUT2D eigenvalue weighted by atomic mass is 10.1. The molecule has 1 aliphatic carbocycles. The summed E-state index contributed by atoms with van der Waals surface area (Å²) >= 11 is 0. The van der Waals surface area contributed by atoms with Crippen LogP contribution in [0.2, 0.25) is 0 Å². The van der Waals surface area contributed by atoms with Gasteiger partial charge in [-0.2, -0.15) is 0 Å². The summed E-state index contributed by atoms with van der Waals surface area (Å²) in [6.45, 7) is 1.73. The van der Waals surface area contributed by atoms with Gasteiger partial charge in [-0.3, -0.25) is 9.69 Å². The van der Waals surface area contributed by atoms with Crippen molar-refractivity contribution in [1.82, 2.24) is 4.90 Å². The zero-order valence-corrected chi connectivity index (χ0v) is 10.1. The molecule has 1 aromatic carbocycles. The lowest BCUT2D eigenvalue weighted by molar-refractivity contribution is -0.139. The second-order valence-corrected chi connectivity index (χ2v) is 4.65. The summed E-state index contributed by atoms with van der Waals surface area (Å²) in [5, 5.41) is 8.88. The zero-order valence-electron chi connectivity index (χ0n) is 10.1. The van der Waals surface area contributed by atoms with Crippen LogP contribution in [0.15, 0.2) is 18.2 Å². The Labute approximate surface area is 104 Å². The number of carbonyl (C=O) groups is 1. The smallest absolute Gasteiger partial charge is 0.317 e. The van der Waals surface area contributed by atoms with E-state index >= 15 is 0 Å². The lowest BCUT2D eigenvalue weighted by Crippen LogP contribution is -2.34. The Morgan fingerprint density at radius 1 is 1.44 bits per heavy atom. The minimum atomic E-state index is -0.906. The number of rotatable bonds is 5. The molecule has 98 valence electrons. The van der Waals surface area contributed by atoms with Gasteiger partial charge in [-0.05, 0) is 37.5 Å². The van der Waals surface area contributed by atoms with E-state index in [-0.39, 0.29) is 18.6 Å². The second kappa shape index (κ2) is 5.02. The number of benzene rings is 1. The summed E-state index contributed by atoms with van der Waals surface area (Å²) in [4.78, 5) is 12.6. The molecule has 1 aromatic rings. The first kappa shape index (κ1) is 13.0. The number of carboxylic acids is 1. The van der Waals surface area contributed by atoms with Gasteiger partial charge >= 0.3 is 5.97 Å². The van der Waals surface area contributed by atoms with Gasteiger partial charge in [0.25, 0.3) is 0 Å². The molecule has 0 amide bonds. The molecule has 1 fully saturated rings. The maximum Gasteiger partial charge on any atom is 0.317 e. The fraction of sp³-hybridized carbons (Fsp3) is 0.462. The van der Waals surface area contributed by atoms with Crippen molar-refractivity contribution in [2.45, 2.75) is 31.8 Å². The number of nitrogens with zero attached hydrogens (tertiary/aromatic N) is 1. The predicted molar refractivity (Wildman–Crippen MR) is 62.1 cm³/mol. The van der Waals surface area contributed by atoms with Gasteiger partial charge in [0, 0.05) is 12.1 Å². The van der Waals surface area contributed by atoms with Crippen LogP contribution in [-0.2, 0) is 4.79 Å². The first-order valence-corrected chi connectivity index (χ1v) is 5.91. The monoisotopic (exact) mass is 255 g/mol. The van der Waals surface area contributed by atoms with Gasteiger partial charge in [0.15, 0.2) is 11.6 Å². The highest BCUT2D eigenvalue weighted by Crippen LogP contribution is 2.34. The molecule has 0 aromatic heterocycles. The topological polar surface area (TPSA) is 40.5 Å². The molecule has 18 heavy (non-hydrogen) atoms. The molecule has 1 aliphatic rings. The summed E-state index contributed by atoms with van der Waals surface area (Å²) in [5.74, 6) is -2.69. The van der Waals surface area contributed by atoms with Crippen molar-refractivity contribution in [3.05, 3.63) is 35.4 Å². The van der Waals surface area contributed by atoms with E-state index in [1.165, 1.54) is 6.07 Å². The third-order valence-corrected chi connectivity index (χ3v) is 3.26. The Morgan fingerprint density at radius 2 is 2.11 bits per heavy atom. The molecule has 0 heterocycles. The van der Waals surface area contributed by atoms with Crippen molar-refractivity contribution in [2.24, 2.45) is 0 Å². The maximum atomic E-state index is 13.2. The molecule has 0 bridgehead atoms. The van der Waals surface area contributed by atoms with Gasteiger partial charge in [-0.1, -0.05) is 6.07 Å². The molecule has 2 rings (SSSR count). The van der Waals surface area contributed by atoms with Crippen LogP contribution >= 0.6 is 0 Å². The molecule has 5 heteroatoms. The van der Waals surface area contributed by atoms with Crippen molar-refractivity contribution < 1.29 is 18.7 Å². The summed E-state index contributed by atoms with van der Waals surface area (Å²) in [6, 6.07) is 3.72. The molecular formula is C13H15F2NO2. The first-order valence-electron chi connectivity index (χ1n) is 5.91. The maximum absolute atomic E-state index is 13.2. The highest BCUT2D eigenvalue weighted by molar-refractivity contribution is 5.69. The molecule has 1 unspecified atom stereocenters. The van der Waals surface area contributed by atoms with Crippen molar-refractivity contribution in [2.75, 3.05) is 6.54 Å².